The highest BCUT2D eigenvalue weighted by Crippen LogP contribution is 2.33. The van der Waals surface area contributed by atoms with Crippen LogP contribution in [0.4, 0.5) is 23.2 Å². The van der Waals surface area contributed by atoms with Gasteiger partial charge < -0.3 is 5.32 Å². The molecule has 24 heavy (non-hydrogen) atoms. The minimum absolute atomic E-state index is 0.288. The number of fused-ring (bicyclic) bond motifs is 1. The van der Waals surface area contributed by atoms with E-state index in [0.29, 0.717) is 17.1 Å². The van der Waals surface area contributed by atoms with Crippen LogP contribution in [-0.2, 0) is 6.18 Å². The number of aromatic nitrogens is 2. The van der Waals surface area contributed by atoms with E-state index in [9.17, 15) is 27.2 Å². The third-order valence-electron chi connectivity index (χ3n) is 3.12. The number of carbonyl (C=O) groups is 1. The van der Waals surface area contributed by atoms with Gasteiger partial charge in [-0.05, 0) is 18.2 Å². The molecule has 1 N–H and O–H groups in total. The van der Waals surface area contributed by atoms with E-state index in [1.807, 2.05) is 0 Å². The van der Waals surface area contributed by atoms with Crippen molar-refractivity contribution in [2.45, 2.75) is 6.18 Å². The highest BCUT2D eigenvalue weighted by molar-refractivity contribution is 7.15. The van der Waals surface area contributed by atoms with Crippen molar-refractivity contribution >= 4 is 27.9 Å². The summed E-state index contributed by atoms with van der Waals surface area (Å²) >= 11 is 1.19. The predicted octanol–water partition coefficient (Wildman–Crippen LogP) is 3.17. The van der Waals surface area contributed by atoms with Crippen LogP contribution >= 0.6 is 11.3 Å². The number of hydrogen-bond acceptors (Lipinski definition) is 4. The smallest absolute Gasteiger partial charge is 0.322 e. The Morgan fingerprint density at radius 3 is 2.75 bits per heavy atom. The lowest BCUT2D eigenvalue weighted by Crippen LogP contribution is -2.26. The maximum absolute atomic E-state index is 13.2. The van der Waals surface area contributed by atoms with Crippen molar-refractivity contribution in [1.29, 1.82) is 0 Å². The SMILES string of the molecule is O=C(Nc1ccc(F)c(C(F)(F)F)c1)c1cnc2sccn2c1=O. The van der Waals surface area contributed by atoms with E-state index in [2.05, 4.69) is 10.3 Å². The number of thiazole rings is 1. The molecule has 2 heterocycles. The Kier molecular flexibility index (Phi) is 3.84. The lowest BCUT2D eigenvalue weighted by molar-refractivity contribution is -0.139. The van der Waals surface area contributed by atoms with Gasteiger partial charge in [-0.3, -0.25) is 14.0 Å². The molecule has 1 aromatic carbocycles. The van der Waals surface area contributed by atoms with E-state index in [1.54, 1.807) is 5.38 Å². The van der Waals surface area contributed by atoms with Crippen LogP contribution in [0.25, 0.3) is 4.96 Å². The number of rotatable bonds is 2. The largest absolute Gasteiger partial charge is 0.419 e. The number of halogens is 4. The van der Waals surface area contributed by atoms with Crippen LogP contribution in [0.2, 0.25) is 0 Å². The fourth-order valence-electron chi connectivity index (χ4n) is 2.00. The molecule has 0 bridgehead atoms. The van der Waals surface area contributed by atoms with E-state index < -0.39 is 29.0 Å². The minimum atomic E-state index is -4.90. The first kappa shape index (κ1) is 16.1. The molecule has 0 unspecified atom stereocenters. The van der Waals surface area contributed by atoms with Crippen molar-refractivity contribution < 1.29 is 22.4 Å². The van der Waals surface area contributed by atoms with Crippen LogP contribution in [0.3, 0.4) is 0 Å². The van der Waals surface area contributed by atoms with Crippen molar-refractivity contribution in [3.63, 3.8) is 0 Å². The normalized spacial score (nSPS) is 11.7. The van der Waals surface area contributed by atoms with Gasteiger partial charge in [0.15, 0.2) is 4.96 Å². The van der Waals surface area contributed by atoms with Crippen molar-refractivity contribution in [2.24, 2.45) is 0 Å². The Morgan fingerprint density at radius 1 is 1.29 bits per heavy atom. The first-order valence-corrected chi connectivity index (χ1v) is 7.28. The summed E-state index contributed by atoms with van der Waals surface area (Å²) in [5.74, 6) is -2.39. The summed E-state index contributed by atoms with van der Waals surface area (Å²) in [6, 6.07) is 2.02. The summed E-state index contributed by atoms with van der Waals surface area (Å²) in [5, 5.41) is 3.74. The van der Waals surface area contributed by atoms with Gasteiger partial charge in [0.25, 0.3) is 11.5 Å². The molecule has 124 valence electrons. The fraction of sp³-hybridized carbons (Fsp3) is 0.0714. The monoisotopic (exact) mass is 357 g/mol. The average Bonchev–Trinajstić information content (AvgIpc) is 2.97. The molecule has 10 heteroatoms. The summed E-state index contributed by atoms with van der Waals surface area (Å²) in [7, 11) is 0. The highest BCUT2D eigenvalue weighted by Gasteiger charge is 2.34. The number of nitrogens with one attached hydrogen (secondary N) is 1. The zero-order valence-electron chi connectivity index (χ0n) is 11.6. The predicted molar refractivity (Wildman–Crippen MR) is 78.7 cm³/mol. The Labute approximate surface area is 135 Å². The Balaban J connectivity index is 1.94. The summed E-state index contributed by atoms with van der Waals surface area (Å²) < 4.78 is 52.4. The summed E-state index contributed by atoms with van der Waals surface area (Å²) in [5.41, 5.74) is -2.80. The van der Waals surface area contributed by atoms with Crippen LogP contribution < -0.4 is 10.9 Å². The summed E-state index contributed by atoms with van der Waals surface area (Å²) in [6.07, 6.45) is -2.44. The van der Waals surface area contributed by atoms with Gasteiger partial charge in [0.05, 0.1) is 5.56 Å². The number of benzene rings is 1. The van der Waals surface area contributed by atoms with Gasteiger partial charge >= 0.3 is 6.18 Å². The molecule has 3 rings (SSSR count). The number of nitrogens with zero attached hydrogens (tertiary/aromatic N) is 2. The molecule has 0 aliphatic heterocycles. The van der Waals surface area contributed by atoms with E-state index in [0.717, 1.165) is 16.7 Å². The van der Waals surface area contributed by atoms with Crippen molar-refractivity contribution in [2.75, 3.05) is 5.32 Å². The molecule has 0 aliphatic carbocycles. The van der Waals surface area contributed by atoms with E-state index in [-0.39, 0.29) is 11.3 Å². The minimum Gasteiger partial charge on any atom is -0.322 e. The molecule has 0 saturated heterocycles. The first-order valence-electron chi connectivity index (χ1n) is 6.40. The van der Waals surface area contributed by atoms with Crippen LogP contribution in [0.15, 0.2) is 40.8 Å². The summed E-state index contributed by atoms with van der Waals surface area (Å²) in [4.78, 5) is 28.5. The molecule has 0 spiro atoms. The van der Waals surface area contributed by atoms with Gasteiger partial charge in [-0.2, -0.15) is 13.2 Å². The van der Waals surface area contributed by atoms with Gasteiger partial charge in [0, 0.05) is 23.5 Å². The van der Waals surface area contributed by atoms with Gasteiger partial charge in [-0.25, -0.2) is 9.37 Å². The lowest BCUT2D eigenvalue weighted by atomic mass is 10.1. The first-order chi connectivity index (χ1) is 11.3. The highest BCUT2D eigenvalue weighted by atomic mass is 32.1. The van der Waals surface area contributed by atoms with Crippen LogP contribution in [0, 0.1) is 5.82 Å². The Bertz CT molecular complexity index is 994. The molecule has 0 saturated carbocycles. The third kappa shape index (κ3) is 2.87. The third-order valence-corrected chi connectivity index (χ3v) is 3.89. The van der Waals surface area contributed by atoms with Gasteiger partial charge in [-0.15, -0.1) is 11.3 Å². The molecule has 0 fully saturated rings. The molecule has 0 radical (unpaired) electrons. The van der Waals surface area contributed by atoms with Crippen LogP contribution in [0.1, 0.15) is 15.9 Å². The zero-order chi connectivity index (χ0) is 17.5. The van der Waals surface area contributed by atoms with Gasteiger partial charge in [0.2, 0.25) is 0 Å². The molecule has 0 aliphatic rings. The van der Waals surface area contributed by atoms with Gasteiger partial charge in [-0.1, -0.05) is 0 Å². The van der Waals surface area contributed by atoms with Crippen molar-refractivity contribution in [3.8, 4) is 0 Å². The number of carbonyl (C=O) groups excluding carboxylic acids is 1. The van der Waals surface area contributed by atoms with Crippen LogP contribution in [-0.4, -0.2) is 15.3 Å². The second kappa shape index (κ2) is 5.71. The Morgan fingerprint density at radius 2 is 2.04 bits per heavy atom. The quantitative estimate of drug-likeness (QED) is 0.717. The molecular formula is C14H7F4N3O2S. The van der Waals surface area contributed by atoms with Crippen molar-refractivity contribution in [3.05, 3.63) is 63.3 Å². The second-order valence-electron chi connectivity index (χ2n) is 4.68. The van der Waals surface area contributed by atoms with Crippen LogP contribution in [0.5, 0.6) is 0 Å². The second-order valence-corrected chi connectivity index (χ2v) is 5.55. The standard InChI is InChI=1S/C14H7F4N3O2S/c15-10-2-1-7(5-9(10)14(16,17)18)20-11(22)8-6-19-13-21(12(8)23)3-4-24-13/h1-6H,(H,20,22). The van der Waals surface area contributed by atoms with Crippen molar-refractivity contribution in [1.82, 2.24) is 9.38 Å². The number of hydrogen-bond donors (Lipinski definition) is 1. The molecule has 5 nitrogen and oxygen atoms in total. The summed E-state index contributed by atoms with van der Waals surface area (Å²) in [6.45, 7) is 0. The molecule has 1 amide bonds. The van der Waals surface area contributed by atoms with Gasteiger partial charge in [0.1, 0.15) is 11.4 Å². The number of amides is 1. The lowest BCUT2D eigenvalue weighted by Gasteiger charge is -2.11. The van der Waals surface area contributed by atoms with E-state index >= 15 is 0 Å². The molecular weight excluding hydrogens is 350 g/mol. The maximum atomic E-state index is 13.2. The Hall–Kier alpha value is -2.75. The molecule has 0 atom stereocenters. The zero-order valence-corrected chi connectivity index (χ0v) is 12.4. The maximum Gasteiger partial charge on any atom is 0.419 e. The number of anilines is 1. The van der Waals surface area contributed by atoms with E-state index in [1.165, 1.54) is 17.5 Å². The molecule has 2 aromatic heterocycles. The fourth-order valence-corrected chi connectivity index (χ4v) is 2.67. The average molecular weight is 357 g/mol. The van der Waals surface area contributed by atoms with E-state index in [4.69, 9.17) is 0 Å². The topological polar surface area (TPSA) is 63.5 Å². The molecule has 3 aromatic rings. The number of alkyl halides is 3.